The lowest BCUT2D eigenvalue weighted by molar-refractivity contribution is 0.0569. The standard InChI is InChI=1S/C16H26ClN3/c1-20(2)16(10-6-3-7-11-16)15(19-18)12-13-8-4-5-9-14(13)17/h4-5,8-9,15,19H,3,6-7,10-12,18H2,1-2H3. The highest BCUT2D eigenvalue weighted by Gasteiger charge is 2.41. The Morgan fingerprint density at radius 1 is 1.25 bits per heavy atom. The van der Waals surface area contributed by atoms with Crippen molar-refractivity contribution < 1.29 is 0 Å². The number of likely N-dealkylation sites (N-methyl/N-ethyl adjacent to an activating group) is 1. The second-order valence-electron chi connectivity index (χ2n) is 6.07. The maximum Gasteiger partial charge on any atom is 0.0438 e. The molecule has 0 aromatic heterocycles. The van der Waals surface area contributed by atoms with Gasteiger partial charge in [-0.05, 0) is 45.0 Å². The molecular weight excluding hydrogens is 270 g/mol. The van der Waals surface area contributed by atoms with Gasteiger partial charge < -0.3 is 4.90 Å². The van der Waals surface area contributed by atoms with Gasteiger partial charge in [0.15, 0.2) is 0 Å². The lowest BCUT2D eigenvalue weighted by Gasteiger charge is -2.48. The Kier molecular flexibility index (Phi) is 5.44. The topological polar surface area (TPSA) is 41.3 Å². The first-order valence-corrected chi connectivity index (χ1v) is 7.85. The molecule has 0 heterocycles. The Bertz CT molecular complexity index is 427. The molecule has 1 aromatic rings. The number of halogens is 1. The van der Waals surface area contributed by atoms with Gasteiger partial charge in [-0.2, -0.15) is 0 Å². The van der Waals surface area contributed by atoms with Gasteiger partial charge in [-0.3, -0.25) is 11.3 Å². The van der Waals surface area contributed by atoms with Gasteiger partial charge in [0.2, 0.25) is 0 Å². The Hall–Kier alpha value is -0.610. The third-order valence-corrected chi connectivity index (χ3v) is 5.21. The normalized spacial score (nSPS) is 20.1. The summed E-state index contributed by atoms with van der Waals surface area (Å²) in [5.41, 5.74) is 4.37. The van der Waals surface area contributed by atoms with Crippen LogP contribution in [0.1, 0.15) is 37.7 Å². The minimum Gasteiger partial charge on any atom is -0.302 e. The average Bonchev–Trinajstić information content (AvgIpc) is 2.47. The average molecular weight is 296 g/mol. The van der Waals surface area contributed by atoms with E-state index in [4.69, 9.17) is 17.4 Å². The van der Waals surface area contributed by atoms with Crippen molar-refractivity contribution in [3.8, 4) is 0 Å². The summed E-state index contributed by atoms with van der Waals surface area (Å²) in [6.07, 6.45) is 7.14. The second kappa shape index (κ2) is 6.90. The molecule has 4 heteroatoms. The molecule has 0 amide bonds. The lowest BCUT2D eigenvalue weighted by atomic mass is 9.73. The van der Waals surface area contributed by atoms with E-state index in [-0.39, 0.29) is 11.6 Å². The molecule has 1 fully saturated rings. The van der Waals surface area contributed by atoms with E-state index >= 15 is 0 Å². The molecule has 112 valence electrons. The van der Waals surface area contributed by atoms with Crippen molar-refractivity contribution in [2.45, 2.75) is 50.1 Å². The molecule has 1 unspecified atom stereocenters. The second-order valence-corrected chi connectivity index (χ2v) is 6.48. The number of nitrogens with zero attached hydrogens (tertiary/aromatic N) is 1. The molecule has 0 saturated heterocycles. The van der Waals surface area contributed by atoms with Crippen molar-refractivity contribution in [3.05, 3.63) is 34.9 Å². The van der Waals surface area contributed by atoms with Crippen LogP contribution in [0.2, 0.25) is 5.02 Å². The van der Waals surface area contributed by atoms with Crippen LogP contribution in [0.5, 0.6) is 0 Å². The molecule has 1 atom stereocenters. The predicted octanol–water partition coefficient (Wildman–Crippen LogP) is 2.98. The summed E-state index contributed by atoms with van der Waals surface area (Å²) < 4.78 is 0. The fourth-order valence-corrected chi connectivity index (χ4v) is 3.77. The van der Waals surface area contributed by atoms with Crippen molar-refractivity contribution in [2.75, 3.05) is 14.1 Å². The Morgan fingerprint density at radius 2 is 1.90 bits per heavy atom. The van der Waals surface area contributed by atoms with Gasteiger partial charge in [-0.1, -0.05) is 49.1 Å². The lowest BCUT2D eigenvalue weighted by Crippen LogP contribution is -2.62. The predicted molar refractivity (Wildman–Crippen MR) is 85.8 cm³/mol. The van der Waals surface area contributed by atoms with Gasteiger partial charge in [-0.15, -0.1) is 0 Å². The van der Waals surface area contributed by atoms with E-state index in [1.165, 1.54) is 37.7 Å². The summed E-state index contributed by atoms with van der Waals surface area (Å²) in [7, 11) is 4.34. The Labute approximate surface area is 127 Å². The molecule has 1 aromatic carbocycles. The zero-order valence-electron chi connectivity index (χ0n) is 12.5. The summed E-state index contributed by atoms with van der Waals surface area (Å²) in [5.74, 6) is 5.90. The summed E-state index contributed by atoms with van der Waals surface area (Å²) >= 11 is 6.31. The molecule has 0 aliphatic heterocycles. The Morgan fingerprint density at radius 3 is 2.45 bits per heavy atom. The monoisotopic (exact) mass is 295 g/mol. The quantitative estimate of drug-likeness (QED) is 0.648. The number of hydrogen-bond donors (Lipinski definition) is 2. The third-order valence-electron chi connectivity index (χ3n) is 4.84. The minimum atomic E-state index is 0.131. The van der Waals surface area contributed by atoms with Gasteiger partial charge in [-0.25, -0.2) is 0 Å². The van der Waals surface area contributed by atoms with Crippen LogP contribution in [0.15, 0.2) is 24.3 Å². The fraction of sp³-hybridized carbons (Fsp3) is 0.625. The maximum atomic E-state index is 6.31. The summed E-state index contributed by atoms with van der Waals surface area (Å²) in [6, 6.07) is 8.28. The molecule has 2 rings (SSSR count). The first-order valence-electron chi connectivity index (χ1n) is 7.47. The van der Waals surface area contributed by atoms with E-state index < -0.39 is 0 Å². The van der Waals surface area contributed by atoms with Gasteiger partial charge in [0, 0.05) is 16.6 Å². The molecule has 0 bridgehead atoms. The van der Waals surface area contributed by atoms with E-state index in [1.807, 2.05) is 18.2 Å². The SMILES string of the molecule is CN(C)C1(C(Cc2ccccc2Cl)NN)CCCCC1. The van der Waals surface area contributed by atoms with Crippen LogP contribution < -0.4 is 11.3 Å². The van der Waals surface area contributed by atoms with Gasteiger partial charge >= 0.3 is 0 Å². The van der Waals surface area contributed by atoms with Crippen LogP contribution in [0.25, 0.3) is 0 Å². The number of nitrogens with two attached hydrogens (primary N) is 1. The first-order chi connectivity index (χ1) is 9.60. The van der Waals surface area contributed by atoms with Gasteiger partial charge in [0.05, 0.1) is 0 Å². The zero-order valence-corrected chi connectivity index (χ0v) is 13.3. The van der Waals surface area contributed by atoms with Crippen molar-refractivity contribution in [1.82, 2.24) is 10.3 Å². The number of hydrogen-bond acceptors (Lipinski definition) is 3. The molecule has 1 aliphatic rings. The number of rotatable bonds is 5. The molecule has 20 heavy (non-hydrogen) atoms. The van der Waals surface area contributed by atoms with Crippen LogP contribution in [0.4, 0.5) is 0 Å². The largest absolute Gasteiger partial charge is 0.302 e. The number of hydrazine groups is 1. The first kappa shape index (κ1) is 15.8. The minimum absolute atomic E-state index is 0.131. The van der Waals surface area contributed by atoms with Crippen LogP contribution in [0.3, 0.4) is 0 Å². The van der Waals surface area contributed by atoms with Crippen molar-refractivity contribution in [3.63, 3.8) is 0 Å². The number of nitrogens with one attached hydrogen (secondary N) is 1. The smallest absolute Gasteiger partial charge is 0.0438 e. The van der Waals surface area contributed by atoms with Crippen LogP contribution in [-0.4, -0.2) is 30.6 Å². The maximum absolute atomic E-state index is 6.31. The molecular formula is C16H26ClN3. The molecule has 1 aliphatic carbocycles. The van der Waals surface area contributed by atoms with Crippen molar-refractivity contribution in [2.24, 2.45) is 5.84 Å². The summed E-state index contributed by atoms with van der Waals surface area (Å²) in [5, 5.41) is 0.831. The molecule has 1 saturated carbocycles. The molecule has 3 N–H and O–H groups in total. The van der Waals surface area contributed by atoms with E-state index in [0.29, 0.717) is 0 Å². The van der Waals surface area contributed by atoms with Crippen molar-refractivity contribution in [1.29, 1.82) is 0 Å². The number of benzene rings is 1. The zero-order chi connectivity index (χ0) is 14.6. The van der Waals surface area contributed by atoms with Crippen LogP contribution >= 0.6 is 11.6 Å². The highest BCUT2D eigenvalue weighted by Crippen LogP contribution is 2.36. The highest BCUT2D eigenvalue weighted by atomic mass is 35.5. The van der Waals surface area contributed by atoms with Gasteiger partial charge in [0.25, 0.3) is 0 Å². The van der Waals surface area contributed by atoms with E-state index in [1.54, 1.807) is 0 Å². The van der Waals surface area contributed by atoms with E-state index in [0.717, 1.165) is 11.4 Å². The van der Waals surface area contributed by atoms with Gasteiger partial charge in [0.1, 0.15) is 0 Å². The van der Waals surface area contributed by atoms with E-state index in [2.05, 4.69) is 30.5 Å². The fourth-order valence-electron chi connectivity index (χ4n) is 3.56. The molecule has 0 spiro atoms. The van der Waals surface area contributed by atoms with Crippen molar-refractivity contribution >= 4 is 11.6 Å². The van der Waals surface area contributed by atoms with E-state index in [9.17, 15) is 0 Å². The third kappa shape index (κ3) is 3.17. The van der Waals surface area contributed by atoms with Crippen LogP contribution in [-0.2, 0) is 6.42 Å². The van der Waals surface area contributed by atoms with Crippen LogP contribution in [0, 0.1) is 0 Å². The Balaban J connectivity index is 2.23. The molecule has 3 nitrogen and oxygen atoms in total. The molecule has 0 radical (unpaired) electrons. The highest BCUT2D eigenvalue weighted by molar-refractivity contribution is 6.31. The summed E-state index contributed by atoms with van der Waals surface area (Å²) in [4.78, 5) is 2.35. The summed E-state index contributed by atoms with van der Waals surface area (Å²) in [6.45, 7) is 0.